The molecule has 2 aromatic rings. The summed E-state index contributed by atoms with van der Waals surface area (Å²) in [5, 5.41) is 1.15. The van der Waals surface area contributed by atoms with Gasteiger partial charge in [-0.25, -0.2) is 4.98 Å². The summed E-state index contributed by atoms with van der Waals surface area (Å²) in [4.78, 5) is 7.91. The highest BCUT2D eigenvalue weighted by molar-refractivity contribution is 7.99. The topological polar surface area (TPSA) is 73.2 Å². The summed E-state index contributed by atoms with van der Waals surface area (Å²) in [5.41, 5.74) is 8.06. The van der Waals surface area contributed by atoms with Gasteiger partial charge in [-0.3, -0.25) is 0 Å². The first-order valence-corrected chi connectivity index (χ1v) is 7.77. The van der Waals surface area contributed by atoms with Crippen LogP contribution in [-0.4, -0.2) is 41.1 Å². The summed E-state index contributed by atoms with van der Waals surface area (Å²) in [7, 11) is 0. The van der Waals surface area contributed by atoms with E-state index in [2.05, 4.69) is 9.97 Å². The molecule has 1 aliphatic heterocycles. The predicted octanol–water partition coefficient (Wildman–Crippen LogP) is 2.17. The van der Waals surface area contributed by atoms with Crippen molar-refractivity contribution in [1.82, 2.24) is 9.97 Å². The lowest BCUT2D eigenvalue weighted by Gasteiger charge is -2.27. The molecule has 1 aromatic heterocycles. The number of aromatic amines is 1. The van der Waals surface area contributed by atoms with Crippen LogP contribution < -0.4 is 10.5 Å². The number of hydrogen-bond acceptors (Lipinski definition) is 5. The average molecular weight is 293 g/mol. The van der Waals surface area contributed by atoms with Crippen LogP contribution in [0.25, 0.3) is 11.0 Å². The first kappa shape index (κ1) is 13.7. The first-order chi connectivity index (χ1) is 9.76. The molecule has 108 valence electrons. The number of hydrogen-bond donors (Lipinski definition) is 2. The molecular formula is C14H19N3O2S. The van der Waals surface area contributed by atoms with Crippen molar-refractivity contribution in [1.29, 1.82) is 0 Å². The molecule has 0 spiro atoms. The van der Waals surface area contributed by atoms with E-state index in [-0.39, 0.29) is 11.3 Å². The van der Waals surface area contributed by atoms with E-state index in [1.54, 1.807) is 11.8 Å². The van der Waals surface area contributed by atoms with E-state index < -0.39 is 0 Å². The quantitative estimate of drug-likeness (QED) is 0.904. The zero-order valence-corrected chi connectivity index (χ0v) is 12.3. The zero-order valence-electron chi connectivity index (χ0n) is 11.5. The lowest BCUT2D eigenvalue weighted by molar-refractivity contribution is 0.0915. The third-order valence-corrected chi connectivity index (χ3v) is 4.57. The number of fused-ring (bicyclic) bond motifs is 1. The van der Waals surface area contributed by atoms with Gasteiger partial charge in [0, 0.05) is 18.7 Å². The average Bonchev–Trinajstić information content (AvgIpc) is 2.83. The molecule has 2 unspecified atom stereocenters. The molecular weight excluding hydrogens is 274 g/mol. The van der Waals surface area contributed by atoms with E-state index in [1.165, 1.54) is 0 Å². The van der Waals surface area contributed by atoms with Gasteiger partial charge in [0.25, 0.3) is 0 Å². The Hall–Kier alpha value is -1.24. The normalized spacial score (nSPS) is 23.1. The minimum Gasteiger partial charge on any atom is -0.494 e. The monoisotopic (exact) mass is 293 g/mol. The van der Waals surface area contributed by atoms with Gasteiger partial charge in [0.05, 0.1) is 29.5 Å². The van der Waals surface area contributed by atoms with Gasteiger partial charge in [-0.05, 0) is 25.5 Å². The molecule has 1 aromatic carbocycles. The van der Waals surface area contributed by atoms with Gasteiger partial charge in [-0.15, -0.1) is 0 Å². The van der Waals surface area contributed by atoms with Crippen LogP contribution in [0.3, 0.4) is 0 Å². The van der Waals surface area contributed by atoms with Gasteiger partial charge in [-0.1, -0.05) is 11.8 Å². The molecule has 6 heteroatoms. The number of nitrogens with one attached hydrogen (secondary N) is 1. The van der Waals surface area contributed by atoms with Crippen molar-refractivity contribution in [2.75, 3.05) is 19.8 Å². The summed E-state index contributed by atoms with van der Waals surface area (Å²) >= 11 is 1.66. The molecule has 1 fully saturated rings. The smallest absolute Gasteiger partial charge is 0.166 e. The lowest BCUT2D eigenvalue weighted by Crippen LogP contribution is -2.40. The maximum Gasteiger partial charge on any atom is 0.166 e. The molecule has 1 saturated heterocycles. The van der Waals surface area contributed by atoms with E-state index in [9.17, 15) is 0 Å². The highest BCUT2D eigenvalue weighted by atomic mass is 32.2. The minimum absolute atomic E-state index is 0.168. The highest BCUT2D eigenvalue weighted by Crippen LogP contribution is 2.29. The van der Waals surface area contributed by atoms with Crippen LogP contribution in [0.4, 0.5) is 0 Å². The van der Waals surface area contributed by atoms with E-state index in [0.717, 1.165) is 35.0 Å². The van der Waals surface area contributed by atoms with Gasteiger partial charge in [0.2, 0.25) is 0 Å². The van der Waals surface area contributed by atoms with Gasteiger partial charge < -0.3 is 20.2 Å². The van der Waals surface area contributed by atoms with E-state index in [4.69, 9.17) is 15.2 Å². The number of rotatable bonds is 4. The summed E-state index contributed by atoms with van der Waals surface area (Å²) in [6.07, 6.45) is 0.909. The van der Waals surface area contributed by atoms with Crippen molar-refractivity contribution in [3.05, 3.63) is 18.2 Å². The molecule has 3 rings (SSSR count). The number of nitrogens with two attached hydrogens (primary N) is 1. The molecule has 0 amide bonds. The molecule has 3 N–H and O–H groups in total. The first-order valence-electron chi connectivity index (χ1n) is 6.89. The summed E-state index contributed by atoms with van der Waals surface area (Å²) < 4.78 is 11.0. The number of imidazole rings is 1. The van der Waals surface area contributed by atoms with Crippen LogP contribution in [0, 0.1) is 0 Å². The van der Waals surface area contributed by atoms with Gasteiger partial charge in [0.1, 0.15) is 5.75 Å². The maximum atomic E-state index is 6.12. The second-order valence-corrected chi connectivity index (χ2v) is 6.07. The Morgan fingerprint density at radius 1 is 1.55 bits per heavy atom. The predicted molar refractivity (Wildman–Crippen MR) is 80.3 cm³/mol. The fraction of sp³-hybridized carbons (Fsp3) is 0.500. The van der Waals surface area contributed by atoms with Crippen molar-refractivity contribution in [2.45, 2.75) is 29.8 Å². The molecule has 2 atom stereocenters. The molecule has 1 aliphatic rings. The molecule has 0 radical (unpaired) electrons. The number of nitrogens with zero attached hydrogens (tertiary/aromatic N) is 1. The van der Waals surface area contributed by atoms with Gasteiger partial charge >= 0.3 is 0 Å². The third-order valence-electron chi connectivity index (χ3n) is 3.36. The van der Waals surface area contributed by atoms with Crippen LogP contribution >= 0.6 is 11.8 Å². The van der Waals surface area contributed by atoms with Crippen molar-refractivity contribution in [2.24, 2.45) is 5.73 Å². The molecule has 0 aliphatic carbocycles. The van der Waals surface area contributed by atoms with E-state index in [0.29, 0.717) is 13.2 Å². The third kappa shape index (κ3) is 2.92. The van der Waals surface area contributed by atoms with Crippen LogP contribution in [0.1, 0.15) is 13.3 Å². The standard InChI is InChI=1S/C14H19N3O2S/c1-2-19-9-3-4-11-12(7-9)17-14(16-11)20-13-8-18-6-5-10(13)15/h3-4,7,10,13H,2,5-6,8,15H2,1H3,(H,16,17). The number of benzene rings is 1. The van der Waals surface area contributed by atoms with Crippen LogP contribution in [0.5, 0.6) is 5.75 Å². The fourth-order valence-electron chi connectivity index (χ4n) is 2.27. The zero-order chi connectivity index (χ0) is 13.9. The van der Waals surface area contributed by atoms with Crippen LogP contribution in [0.2, 0.25) is 0 Å². The Labute approximate surface area is 122 Å². The largest absolute Gasteiger partial charge is 0.494 e. The van der Waals surface area contributed by atoms with Crippen LogP contribution in [-0.2, 0) is 4.74 Å². The van der Waals surface area contributed by atoms with Crippen molar-refractivity contribution < 1.29 is 9.47 Å². The molecule has 5 nitrogen and oxygen atoms in total. The Morgan fingerprint density at radius 3 is 3.25 bits per heavy atom. The highest BCUT2D eigenvalue weighted by Gasteiger charge is 2.24. The van der Waals surface area contributed by atoms with E-state index >= 15 is 0 Å². The summed E-state index contributed by atoms with van der Waals surface area (Å²) in [6, 6.07) is 6.06. The number of thioether (sulfide) groups is 1. The van der Waals surface area contributed by atoms with Gasteiger partial charge in [-0.2, -0.15) is 0 Å². The Kier molecular flexibility index (Phi) is 4.14. The Balaban J connectivity index is 1.78. The molecule has 2 heterocycles. The fourth-order valence-corrected chi connectivity index (χ4v) is 3.35. The number of ether oxygens (including phenoxy) is 2. The Bertz CT molecular complexity index is 587. The van der Waals surface area contributed by atoms with Crippen molar-refractivity contribution in [3.63, 3.8) is 0 Å². The van der Waals surface area contributed by atoms with Crippen LogP contribution in [0.15, 0.2) is 23.4 Å². The lowest BCUT2D eigenvalue weighted by atomic mass is 10.1. The molecule has 0 bridgehead atoms. The van der Waals surface area contributed by atoms with Crippen molar-refractivity contribution >= 4 is 22.8 Å². The second-order valence-electron chi connectivity index (χ2n) is 4.84. The SMILES string of the molecule is CCOc1ccc2nc(SC3COCCC3N)[nH]c2c1. The van der Waals surface area contributed by atoms with E-state index in [1.807, 2.05) is 25.1 Å². The molecule has 0 saturated carbocycles. The van der Waals surface area contributed by atoms with Crippen molar-refractivity contribution in [3.8, 4) is 5.75 Å². The number of H-pyrrole nitrogens is 1. The minimum atomic E-state index is 0.168. The summed E-state index contributed by atoms with van der Waals surface area (Å²) in [5.74, 6) is 0.859. The number of aromatic nitrogens is 2. The molecule has 20 heavy (non-hydrogen) atoms. The Morgan fingerprint density at radius 2 is 2.45 bits per heavy atom. The van der Waals surface area contributed by atoms with Gasteiger partial charge in [0.15, 0.2) is 5.16 Å². The maximum absolute atomic E-state index is 6.12. The summed E-state index contributed by atoms with van der Waals surface area (Å²) in [6.45, 7) is 4.08. The second kappa shape index (κ2) is 6.03.